The van der Waals surface area contributed by atoms with Crippen molar-refractivity contribution in [1.82, 2.24) is 15.1 Å². The van der Waals surface area contributed by atoms with E-state index in [2.05, 4.69) is 21.2 Å². The molecule has 0 saturated carbocycles. The van der Waals surface area contributed by atoms with Gasteiger partial charge < -0.3 is 14.8 Å². The molecule has 8 heteroatoms. The summed E-state index contributed by atoms with van der Waals surface area (Å²) in [5.74, 6) is 1.55. The Labute approximate surface area is 167 Å². The molecule has 2 aromatic rings. The summed E-state index contributed by atoms with van der Waals surface area (Å²) in [5, 5.41) is 2.99. The first-order valence-electron chi connectivity index (χ1n) is 9.00. The first-order chi connectivity index (χ1) is 13.2. The summed E-state index contributed by atoms with van der Waals surface area (Å²) in [4.78, 5) is 18.2. The van der Waals surface area contributed by atoms with Gasteiger partial charge >= 0.3 is 0 Å². The lowest BCUT2D eigenvalue weighted by atomic mass is 10.2. The molecule has 1 N–H and O–H groups in total. The van der Waals surface area contributed by atoms with Gasteiger partial charge in [-0.1, -0.05) is 17.7 Å². The van der Waals surface area contributed by atoms with Crippen molar-refractivity contribution in [3.8, 4) is 11.5 Å². The molecule has 1 saturated heterocycles. The van der Waals surface area contributed by atoms with Crippen LogP contribution in [0.5, 0.6) is 11.5 Å². The van der Waals surface area contributed by atoms with Crippen molar-refractivity contribution < 1.29 is 14.3 Å². The highest BCUT2D eigenvalue weighted by Gasteiger charge is 2.19. The molecule has 1 aromatic heterocycles. The molecule has 0 atom stereocenters. The van der Waals surface area contributed by atoms with Crippen LogP contribution < -0.4 is 14.8 Å². The van der Waals surface area contributed by atoms with Gasteiger partial charge in [0.25, 0.3) is 0 Å². The smallest absolute Gasteiger partial charge is 0.234 e. The molecule has 1 fully saturated rings. The van der Waals surface area contributed by atoms with Crippen molar-refractivity contribution in [2.24, 2.45) is 0 Å². The van der Waals surface area contributed by atoms with E-state index in [9.17, 15) is 4.79 Å². The number of nitrogens with one attached hydrogen (secondary N) is 1. The molecule has 27 heavy (non-hydrogen) atoms. The van der Waals surface area contributed by atoms with Gasteiger partial charge in [-0.25, -0.2) is 0 Å². The van der Waals surface area contributed by atoms with Crippen molar-refractivity contribution >= 4 is 28.8 Å². The van der Waals surface area contributed by atoms with Crippen molar-refractivity contribution in [2.45, 2.75) is 13.1 Å². The average molecular weight is 408 g/mol. The van der Waals surface area contributed by atoms with E-state index in [1.807, 2.05) is 24.3 Å². The summed E-state index contributed by atoms with van der Waals surface area (Å²) in [7, 11) is 0. The van der Waals surface area contributed by atoms with Crippen LogP contribution in [0.2, 0.25) is 4.34 Å². The molecule has 2 aliphatic heterocycles. The first kappa shape index (κ1) is 18.6. The fourth-order valence-electron chi connectivity index (χ4n) is 3.27. The van der Waals surface area contributed by atoms with Crippen LogP contribution in [0.25, 0.3) is 0 Å². The van der Waals surface area contributed by atoms with E-state index in [0.29, 0.717) is 13.1 Å². The van der Waals surface area contributed by atoms with Gasteiger partial charge in [0.15, 0.2) is 11.5 Å². The topological polar surface area (TPSA) is 54.0 Å². The van der Waals surface area contributed by atoms with E-state index in [0.717, 1.165) is 54.1 Å². The maximum atomic E-state index is 12.3. The highest BCUT2D eigenvalue weighted by atomic mass is 35.5. The second-order valence-electron chi connectivity index (χ2n) is 6.72. The Morgan fingerprint density at radius 1 is 1.07 bits per heavy atom. The zero-order valence-electron chi connectivity index (χ0n) is 14.9. The number of thiophene rings is 1. The molecule has 1 amide bonds. The number of hydrogen-bond acceptors (Lipinski definition) is 6. The standard InChI is InChI=1S/C19H22ClN3O3S/c20-18-4-2-15(27-18)11-22-5-7-23(8-6-22)12-19(24)21-10-14-1-3-16-17(9-14)26-13-25-16/h1-4,9H,5-8,10-13H2,(H,21,24). The Morgan fingerprint density at radius 3 is 2.63 bits per heavy atom. The quantitative estimate of drug-likeness (QED) is 0.797. The van der Waals surface area contributed by atoms with Gasteiger partial charge in [0.2, 0.25) is 12.7 Å². The molecule has 1 aromatic carbocycles. The summed E-state index contributed by atoms with van der Waals surface area (Å²) in [6.45, 7) is 5.85. The summed E-state index contributed by atoms with van der Waals surface area (Å²) >= 11 is 7.63. The van der Waals surface area contributed by atoms with Crippen LogP contribution in [0.1, 0.15) is 10.4 Å². The van der Waals surface area contributed by atoms with Crippen LogP contribution in [0, 0.1) is 0 Å². The molecule has 0 unspecified atom stereocenters. The van der Waals surface area contributed by atoms with Crippen LogP contribution in [0.15, 0.2) is 30.3 Å². The molecule has 2 aliphatic rings. The Balaban J connectivity index is 1.18. The number of amides is 1. The minimum Gasteiger partial charge on any atom is -0.454 e. The van der Waals surface area contributed by atoms with Gasteiger partial charge in [-0.2, -0.15) is 0 Å². The third-order valence-corrected chi connectivity index (χ3v) is 5.98. The fourth-order valence-corrected chi connectivity index (χ4v) is 4.40. The third-order valence-electron chi connectivity index (χ3n) is 4.77. The predicted octanol–water partition coefficient (Wildman–Crippen LogP) is 2.56. The molecular weight excluding hydrogens is 386 g/mol. The number of halogens is 1. The number of fused-ring (bicyclic) bond motifs is 1. The molecular formula is C19H22ClN3O3S. The van der Waals surface area contributed by atoms with Crippen LogP contribution in [0.3, 0.4) is 0 Å². The normalized spacial score (nSPS) is 17.2. The fraction of sp³-hybridized carbons (Fsp3) is 0.421. The van der Waals surface area contributed by atoms with Gasteiger partial charge in [0.1, 0.15) is 0 Å². The zero-order chi connectivity index (χ0) is 18.6. The Kier molecular flexibility index (Phi) is 5.83. The first-order valence-corrected chi connectivity index (χ1v) is 10.2. The number of hydrogen-bond donors (Lipinski definition) is 1. The highest BCUT2D eigenvalue weighted by Crippen LogP contribution is 2.32. The van der Waals surface area contributed by atoms with E-state index in [4.69, 9.17) is 21.1 Å². The van der Waals surface area contributed by atoms with E-state index >= 15 is 0 Å². The van der Waals surface area contributed by atoms with Crippen molar-refractivity contribution in [2.75, 3.05) is 39.5 Å². The number of ether oxygens (including phenoxy) is 2. The van der Waals surface area contributed by atoms with Gasteiger partial charge in [-0.05, 0) is 29.8 Å². The summed E-state index contributed by atoms with van der Waals surface area (Å²) in [6, 6.07) is 9.77. The molecule has 3 heterocycles. The van der Waals surface area contributed by atoms with Gasteiger partial charge in [-0.3, -0.25) is 14.6 Å². The lowest BCUT2D eigenvalue weighted by Crippen LogP contribution is -2.48. The molecule has 0 bridgehead atoms. The molecule has 0 radical (unpaired) electrons. The minimum atomic E-state index is 0.0474. The number of nitrogens with zero attached hydrogens (tertiary/aromatic N) is 2. The number of piperazine rings is 1. The van der Waals surface area contributed by atoms with E-state index < -0.39 is 0 Å². The Bertz CT molecular complexity index is 805. The van der Waals surface area contributed by atoms with Gasteiger partial charge in [-0.15, -0.1) is 11.3 Å². The maximum Gasteiger partial charge on any atom is 0.234 e. The number of carbonyl (C=O) groups excluding carboxylic acids is 1. The third kappa shape index (κ3) is 4.93. The molecule has 6 nitrogen and oxygen atoms in total. The van der Waals surface area contributed by atoms with Crippen LogP contribution in [0.4, 0.5) is 0 Å². The predicted molar refractivity (Wildman–Crippen MR) is 105 cm³/mol. The lowest BCUT2D eigenvalue weighted by molar-refractivity contribution is -0.122. The van der Waals surface area contributed by atoms with Crippen LogP contribution in [-0.2, 0) is 17.9 Å². The Hall–Kier alpha value is -1.80. The zero-order valence-corrected chi connectivity index (χ0v) is 16.5. The average Bonchev–Trinajstić information content (AvgIpc) is 3.30. The van der Waals surface area contributed by atoms with E-state index in [-0.39, 0.29) is 12.7 Å². The largest absolute Gasteiger partial charge is 0.454 e. The number of carbonyl (C=O) groups is 1. The lowest BCUT2D eigenvalue weighted by Gasteiger charge is -2.34. The second-order valence-corrected chi connectivity index (χ2v) is 8.52. The summed E-state index contributed by atoms with van der Waals surface area (Å²) in [6.07, 6.45) is 0. The maximum absolute atomic E-state index is 12.3. The van der Waals surface area contributed by atoms with Gasteiger partial charge in [0.05, 0.1) is 10.9 Å². The van der Waals surface area contributed by atoms with Gasteiger partial charge in [0, 0.05) is 44.1 Å². The molecule has 4 rings (SSSR count). The minimum absolute atomic E-state index is 0.0474. The van der Waals surface area contributed by atoms with Crippen LogP contribution >= 0.6 is 22.9 Å². The number of benzene rings is 1. The molecule has 0 spiro atoms. The Morgan fingerprint density at radius 2 is 1.85 bits per heavy atom. The van der Waals surface area contributed by atoms with E-state index in [1.54, 1.807) is 11.3 Å². The number of rotatable bonds is 6. The van der Waals surface area contributed by atoms with Crippen LogP contribution in [-0.4, -0.2) is 55.2 Å². The van der Waals surface area contributed by atoms with Crippen molar-refractivity contribution in [1.29, 1.82) is 0 Å². The molecule has 0 aliphatic carbocycles. The highest BCUT2D eigenvalue weighted by molar-refractivity contribution is 7.16. The second kappa shape index (κ2) is 8.48. The monoisotopic (exact) mass is 407 g/mol. The summed E-state index contributed by atoms with van der Waals surface area (Å²) < 4.78 is 11.5. The van der Waals surface area contributed by atoms with E-state index in [1.165, 1.54) is 4.88 Å². The van der Waals surface area contributed by atoms with Crippen molar-refractivity contribution in [3.05, 3.63) is 45.1 Å². The summed E-state index contributed by atoms with van der Waals surface area (Å²) in [5.41, 5.74) is 1.01. The SMILES string of the molecule is O=C(CN1CCN(Cc2ccc(Cl)s2)CC1)NCc1ccc2c(c1)OCO2. The molecule has 144 valence electrons. The van der Waals surface area contributed by atoms with Crippen molar-refractivity contribution in [3.63, 3.8) is 0 Å².